The van der Waals surface area contributed by atoms with Gasteiger partial charge in [-0.3, -0.25) is 4.79 Å². The first-order valence-electron chi connectivity index (χ1n) is 6.31. The van der Waals surface area contributed by atoms with Gasteiger partial charge in [0.1, 0.15) is 0 Å². The normalized spacial score (nSPS) is 26.6. The van der Waals surface area contributed by atoms with Gasteiger partial charge in [-0.05, 0) is 32.6 Å². The number of hydrogen-bond acceptors (Lipinski definition) is 3. The molecular weight excluding hydrogens is 236 g/mol. The van der Waals surface area contributed by atoms with Crippen LogP contribution in [0.4, 0.5) is 0 Å². The van der Waals surface area contributed by atoms with Crippen LogP contribution < -0.4 is 5.73 Å². The van der Waals surface area contributed by atoms with E-state index >= 15 is 0 Å². The fourth-order valence-corrected chi connectivity index (χ4v) is 2.78. The molecule has 2 N–H and O–H groups in total. The quantitative estimate of drug-likeness (QED) is 0.765. The number of nitrogens with two attached hydrogens (primary N) is 1. The van der Waals surface area contributed by atoms with Crippen LogP contribution in [0.1, 0.15) is 32.6 Å². The molecule has 0 aromatic rings. The van der Waals surface area contributed by atoms with Crippen LogP contribution >= 0.6 is 12.2 Å². The molecule has 1 aliphatic carbocycles. The van der Waals surface area contributed by atoms with E-state index in [9.17, 15) is 4.79 Å². The Morgan fingerprint density at radius 2 is 2.29 bits per heavy atom. The van der Waals surface area contributed by atoms with Gasteiger partial charge in [0.15, 0.2) is 0 Å². The van der Waals surface area contributed by atoms with Crippen LogP contribution in [0.15, 0.2) is 0 Å². The van der Waals surface area contributed by atoms with Gasteiger partial charge in [0.05, 0.1) is 16.5 Å². The first kappa shape index (κ1) is 12.8. The zero-order chi connectivity index (χ0) is 12.5. The summed E-state index contributed by atoms with van der Waals surface area (Å²) in [5, 5.41) is 0. The topological polar surface area (TPSA) is 55.6 Å². The number of nitrogens with zero attached hydrogens (tertiary/aromatic N) is 1. The van der Waals surface area contributed by atoms with Gasteiger partial charge < -0.3 is 15.4 Å². The van der Waals surface area contributed by atoms with Crippen molar-refractivity contribution < 1.29 is 9.53 Å². The van der Waals surface area contributed by atoms with E-state index in [4.69, 9.17) is 22.7 Å². The minimum Gasteiger partial charge on any atom is -0.392 e. The van der Waals surface area contributed by atoms with Gasteiger partial charge in [0.25, 0.3) is 0 Å². The van der Waals surface area contributed by atoms with E-state index in [-0.39, 0.29) is 12.0 Å². The van der Waals surface area contributed by atoms with Crippen molar-refractivity contribution in [3.8, 4) is 0 Å². The minimum absolute atomic E-state index is 0.120. The van der Waals surface area contributed by atoms with Crippen LogP contribution in [0.3, 0.4) is 0 Å². The Bertz CT molecular complexity index is 326. The van der Waals surface area contributed by atoms with E-state index in [1.54, 1.807) is 0 Å². The van der Waals surface area contributed by atoms with E-state index in [0.29, 0.717) is 18.1 Å². The summed E-state index contributed by atoms with van der Waals surface area (Å²) in [5.41, 5.74) is 5.18. The second-order valence-electron chi connectivity index (χ2n) is 4.92. The van der Waals surface area contributed by atoms with Crippen molar-refractivity contribution in [1.82, 2.24) is 4.90 Å². The molecule has 1 aliphatic heterocycles. The molecular formula is C12H20N2O2S. The average Bonchev–Trinajstić information content (AvgIpc) is 3.10. The molecule has 1 atom stereocenters. The number of likely N-dealkylation sites (tertiary alicyclic amines) is 1. The molecule has 1 heterocycles. The molecule has 2 fully saturated rings. The van der Waals surface area contributed by atoms with Crippen molar-refractivity contribution in [2.75, 3.05) is 19.7 Å². The Labute approximate surface area is 107 Å². The summed E-state index contributed by atoms with van der Waals surface area (Å²) in [7, 11) is 0. The number of amides is 1. The smallest absolute Gasteiger partial charge is 0.235 e. The number of piperidine rings is 1. The van der Waals surface area contributed by atoms with Crippen LogP contribution in [0, 0.1) is 5.41 Å². The number of rotatable bonds is 4. The first-order chi connectivity index (χ1) is 8.10. The zero-order valence-electron chi connectivity index (χ0n) is 10.3. The molecule has 0 aromatic carbocycles. The summed E-state index contributed by atoms with van der Waals surface area (Å²) >= 11 is 5.02. The third-order valence-corrected chi connectivity index (χ3v) is 4.09. The van der Waals surface area contributed by atoms with Crippen LogP contribution in [-0.2, 0) is 9.53 Å². The van der Waals surface area contributed by atoms with Gasteiger partial charge in [-0.2, -0.15) is 0 Å². The predicted octanol–water partition coefficient (Wildman–Crippen LogP) is 1.08. The maximum atomic E-state index is 12.4. The lowest BCUT2D eigenvalue weighted by Gasteiger charge is -2.34. The van der Waals surface area contributed by atoms with Crippen molar-refractivity contribution in [2.45, 2.75) is 38.7 Å². The lowest BCUT2D eigenvalue weighted by Crippen LogP contribution is -2.49. The molecule has 1 unspecified atom stereocenters. The number of thiocarbonyl (C=S) groups is 1. The Morgan fingerprint density at radius 3 is 2.82 bits per heavy atom. The number of carbonyl (C=O) groups is 1. The molecule has 1 saturated carbocycles. The summed E-state index contributed by atoms with van der Waals surface area (Å²) in [6.45, 7) is 4.19. The Balaban J connectivity index is 1.98. The zero-order valence-corrected chi connectivity index (χ0v) is 11.1. The molecule has 0 radical (unpaired) electrons. The SMILES string of the molecule is CCOC1CCCN(C(=O)C2(C(N)=S)CC2)C1. The van der Waals surface area contributed by atoms with Gasteiger partial charge >= 0.3 is 0 Å². The van der Waals surface area contributed by atoms with Crippen LogP contribution in [0.2, 0.25) is 0 Å². The summed E-state index contributed by atoms with van der Waals surface area (Å²) in [5.74, 6) is 0.120. The highest BCUT2D eigenvalue weighted by Gasteiger charge is 2.54. The third kappa shape index (κ3) is 2.45. The second-order valence-corrected chi connectivity index (χ2v) is 5.36. The lowest BCUT2D eigenvalue weighted by molar-refractivity contribution is -0.138. The molecule has 0 bridgehead atoms. The number of carbonyl (C=O) groups excluding carboxylic acids is 1. The monoisotopic (exact) mass is 256 g/mol. The van der Waals surface area contributed by atoms with Crippen molar-refractivity contribution in [1.29, 1.82) is 0 Å². The van der Waals surface area contributed by atoms with Gasteiger partial charge in [-0.15, -0.1) is 0 Å². The standard InChI is InChI=1S/C12H20N2O2S/c1-2-16-9-4-3-7-14(8-9)11(15)12(5-6-12)10(13)17/h9H,2-8H2,1H3,(H2,13,17). The molecule has 96 valence electrons. The molecule has 5 heteroatoms. The highest BCUT2D eigenvalue weighted by molar-refractivity contribution is 7.80. The van der Waals surface area contributed by atoms with Crippen molar-refractivity contribution in [2.24, 2.45) is 11.1 Å². The summed E-state index contributed by atoms with van der Waals surface area (Å²) in [6, 6.07) is 0. The van der Waals surface area contributed by atoms with Crippen LogP contribution in [0.25, 0.3) is 0 Å². The first-order valence-corrected chi connectivity index (χ1v) is 6.72. The molecule has 1 saturated heterocycles. The van der Waals surface area contributed by atoms with E-state index in [1.807, 2.05) is 11.8 Å². The summed E-state index contributed by atoms with van der Waals surface area (Å²) < 4.78 is 5.60. The molecule has 1 amide bonds. The Hall–Kier alpha value is -0.680. The lowest BCUT2D eigenvalue weighted by atomic mass is 10.0. The van der Waals surface area contributed by atoms with E-state index in [0.717, 1.165) is 32.2 Å². The van der Waals surface area contributed by atoms with Crippen LogP contribution in [0.5, 0.6) is 0 Å². The predicted molar refractivity (Wildman–Crippen MR) is 69.7 cm³/mol. The van der Waals surface area contributed by atoms with Gasteiger partial charge in [-0.25, -0.2) is 0 Å². The molecule has 17 heavy (non-hydrogen) atoms. The Morgan fingerprint density at radius 1 is 1.59 bits per heavy atom. The van der Waals surface area contributed by atoms with E-state index in [1.165, 1.54) is 0 Å². The second kappa shape index (κ2) is 4.90. The molecule has 2 aliphatic rings. The highest BCUT2D eigenvalue weighted by Crippen LogP contribution is 2.47. The number of ether oxygens (including phenoxy) is 1. The summed E-state index contributed by atoms with van der Waals surface area (Å²) in [6.07, 6.45) is 3.86. The highest BCUT2D eigenvalue weighted by atomic mass is 32.1. The fraction of sp³-hybridized carbons (Fsp3) is 0.833. The third-order valence-electron chi connectivity index (χ3n) is 3.70. The number of hydrogen-bond donors (Lipinski definition) is 1. The molecule has 2 rings (SSSR count). The summed E-state index contributed by atoms with van der Waals surface area (Å²) in [4.78, 5) is 14.6. The van der Waals surface area contributed by atoms with Gasteiger partial charge in [0, 0.05) is 19.7 Å². The van der Waals surface area contributed by atoms with Gasteiger partial charge in [-0.1, -0.05) is 12.2 Å². The van der Waals surface area contributed by atoms with Crippen molar-refractivity contribution >= 4 is 23.1 Å². The molecule has 0 aromatic heterocycles. The van der Waals surface area contributed by atoms with E-state index < -0.39 is 5.41 Å². The van der Waals surface area contributed by atoms with E-state index in [2.05, 4.69) is 0 Å². The van der Waals surface area contributed by atoms with Crippen molar-refractivity contribution in [3.05, 3.63) is 0 Å². The molecule has 4 nitrogen and oxygen atoms in total. The minimum atomic E-state index is -0.510. The average molecular weight is 256 g/mol. The Kier molecular flexibility index (Phi) is 3.68. The molecule has 0 spiro atoms. The van der Waals surface area contributed by atoms with Gasteiger partial charge in [0.2, 0.25) is 5.91 Å². The maximum absolute atomic E-state index is 12.4. The largest absolute Gasteiger partial charge is 0.392 e. The van der Waals surface area contributed by atoms with Crippen LogP contribution in [-0.4, -0.2) is 41.6 Å². The maximum Gasteiger partial charge on any atom is 0.235 e. The fourth-order valence-electron chi connectivity index (χ4n) is 2.49. The van der Waals surface area contributed by atoms with Crippen molar-refractivity contribution in [3.63, 3.8) is 0 Å².